The number of carbonyl (C=O) groups is 1. The number of nitrogens with two attached hydrogens (primary N) is 1. The van der Waals surface area contributed by atoms with Gasteiger partial charge in [-0.25, -0.2) is 0 Å². The quantitative estimate of drug-likeness (QED) is 0.902. The molecule has 0 aliphatic carbocycles. The summed E-state index contributed by atoms with van der Waals surface area (Å²) in [6, 6.07) is 7.26. The molecule has 1 heterocycles. The Kier molecular flexibility index (Phi) is 4.04. The number of nitrogens with zero attached hydrogens (tertiary/aromatic N) is 1. The first-order valence-electron chi connectivity index (χ1n) is 6.43. The molecule has 2 rings (SSSR count). The molecule has 0 bridgehead atoms. The number of anilines is 2. The van der Waals surface area contributed by atoms with Crippen molar-refractivity contribution in [3.63, 3.8) is 0 Å². The van der Waals surface area contributed by atoms with Crippen LogP contribution in [0.25, 0.3) is 0 Å². The summed E-state index contributed by atoms with van der Waals surface area (Å²) in [4.78, 5) is 12.3. The van der Waals surface area contributed by atoms with E-state index in [-0.39, 0.29) is 11.9 Å². The molecule has 0 fully saturated rings. The summed E-state index contributed by atoms with van der Waals surface area (Å²) < 4.78 is 1.85. The third kappa shape index (κ3) is 2.96. The normalized spacial score (nSPS) is 10.8. The third-order valence-corrected chi connectivity index (χ3v) is 3.50. The molecule has 3 N–H and O–H groups in total. The summed E-state index contributed by atoms with van der Waals surface area (Å²) in [7, 11) is 0. The minimum atomic E-state index is -0.199. The summed E-state index contributed by atoms with van der Waals surface area (Å²) in [5, 5.41) is 3.46. The molecule has 1 aromatic carbocycles. The Labute approximate surface area is 123 Å². The maximum Gasteiger partial charge on any atom is 0.272 e. The lowest BCUT2D eigenvalue weighted by Gasteiger charge is -2.13. The van der Waals surface area contributed by atoms with E-state index in [1.807, 2.05) is 37.5 Å². The van der Waals surface area contributed by atoms with Crippen LogP contribution in [0.5, 0.6) is 0 Å². The minimum absolute atomic E-state index is 0.162. The first-order valence-corrected chi connectivity index (χ1v) is 6.81. The number of nitrogen functional groups attached to an aromatic ring is 1. The molecule has 0 aliphatic heterocycles. The molecule has 0 saturated carbocycles. The van der Waals surface area contributed by atoms with Gasteiger partial charge in [0.25, 0.3) is 5.91 Å². The van der Waals surface area contributed by atoms with Crippen LogP contribution in [-0.2, 0) is 0 Å². The maximum atomic E-state index is 12.3. The molecular weight excluding hydrogens is 274 g/mol. The average Bonchev–Trinajstić information content (AvgIpc) is 2.76. The molecule has 0 radical (unpaired) electrons. The van der Waals surface area contributed by atoms with Crippen LogP contribution in [0.15, 0.2) is 30.5 Å². The largest absolute Gasteiger partial charge is 0.397 e. The topological polar surface area (TPSA) is 60.1 Å². The van der Waals surface area contributed by atoms with Crippen LogP contribution in [-0.4, -0.2) is 10.5 Å². The summed E-state index contributed by atoms with van der Waals surface area (Å²) in [5.41, 5.74) is 8.52. The van der Waals surface area contributed by atoms with E-state index in [4.69, 9.17) is 17.3 Å². The molecule has 0 spiro atoms. The van der Waals surface area contributed by atoms with Crippen molar-refractivity contribution in [1.29, 1.82) is 0 Å². The van der Waals surface area contributed by atoms with E-state index >= 15 is 0 Å². The fourth-order valence-electron chi connectivity index (χ4n) is 1.98. The number of aryl methyl sites for hydroxylation is 1. The molecule has 1 amide bonds. The van der Waals surface area contributed by atoms with Crippen LogP contribution in [0.4, 0.5) is 11.4 Å². The first-order chi connectivity index (χ1) is 9.38. The van der Waals surface area contributed by atoms with E-state index in [2.05, 4.69) is 5.32 Å². The van der Waals surface area contributed by atoms with Gasteiger partial charge in [-0.15, -0.1) is 0 Å². The van der Waals surface area contributed by atoms with E-state index in [0.717, 1.165) is 5.56 Å². The highest BCUT2D eigenvalue weighted by atomic mass is 35.5. The molecule has 2 aromatic rings. The number of amides is 1. The van der Waals surface area contributed by atoms with E-state index in [0.29, 0.717) is 22.1 Å². The minimum Gasteiger partial charge on any atom is -0.397 e. The Morgan fingerprint density at radius 2 is 2.05 bits per heavy atom. The van der Waals surface area contributed by atoms with Crippen LogP contribution in [0, 0.1) is 6.92 Å². The zero-order chi connectivity index (χ0) is 14.9. The number of hydrogen-bond donors (Lipinski definition) is 2. The average molecular weight is 292 g/mol. The maximum absolute atomic E-state index is 12.3. The molecule has 20 heavy (non-hydrogen) atoms. The van der Waals surface area contributed by atoms with Crippen molar-refractivity contribution < 1.29 is 4.79 Å². The van der Waals surface area contributed by atoms with Gasteiger partial charge >= 0.3 is 0 Å². The number of nitrogens with one attached hydrogen (secondary N) is 1. The summed E-state index contributed by atoms with van der Waals surface area (Å²) in [6.45, 7) is 5.91. The summed E-state index contributed by atoms with van der Waals surface area (Å²) >= 11 is 6.05. The number of halogens is 1. The van der Waals surface area contributed by atoms with Crippen LogP contribution < -0.4 is 11.1 Å². The monoisotopic (exact) mass is 291 g/mol. The highest BCUT2D eigenvalue weighted by molar-refractivity contribution is 6.31. The molecule has 0 saturated heterocycles. The van der Waals surface area contributed by atoms with E-state index in [9.17, 15) is 4.79 Å². The van der Waals surface area contributed by atoms with E-state index < -0.39 is 0 Å². The number of aromatic nitrogens is 1. The molecule has 0 unspecified atom stereocenters. The lowest BCUT2D eigenvalue weighted by Crippen LogP contribution is -2.17. The Morgan fingerprint density at radius 1 is 1.35 bits per heavy atom. The number of carbonyl (C=O) groups excluding carboxylic acids is 1. The van der Waals surface area contributed by atoms with Crippen molar-refractivity contribution >= 4 is 28.9 Å². The second-order valence-corrected chi connectivity index (χ2v) is 5.48. The van der Waals surface area contributed by atoms with Gasteiger partial charge in [0.15, 0.2) is 0 Å². The molecule has 4 nitrogen and oxygen atoms in total. The lowest BCUT2D eigenvalue weighted by molar-refractivity contribution is 0.101. The Balaban J connectivity index is 2.26. The number of hydrogen-bond acceptors (Lipinski definition) is 2. The second kappa shape index (κ2) is 5.59. The molecule has 1 aromatic heterocycles. The highest BCUT2D eigenvalue weighted by Crippen LogP contribution is 2.22. The van der Waals surface area contributed by atoms with Crippen LogP contribution in [0.2, 0.25) is 5.02 Å². The third-order valence-electron chi connectivity index (χ3n) is 3.09. The van der Waals surface area contributed by atoms with Crippen molar-refractivity contribution in [3.05, 3.63) is 46.7 Å². The summed E-state index contributed by atoms with van der Waals surface area (Å²) in [6.07, 6.45) is 1.77. The molecule has 0 aliphatic rings. The predicted octanol–water partition coefficient (Wildman–Crippen LogP) is 3.87. The molecule has 5 heteroatoms. The van der Waals surface area contributed by atoms with Gasteiger partial charge in [0.05, 0.1) is 5.69 Å². The fraction of sp³-hybridized carbons (Fsp3) is 0.267. The Hall–Kier alpha value is -1.94. The smallest absolute Gasteiger partial charge is 0.272 e. The molecule has 106 valence electrons. The van der Waals surface area contributed by atoms with Gasteiger partial charge in [0.1, 0.15) is 5.69 Å². The Bertz CT molecular complexity index is 647. The van der Waals surface area contributed by atoms with Crippen LogP contribution >= 0.6 is 11.6 Å². The highest BCUT2D eigenvalue weighted by Gasteiger charge is 2.15. The predicted molar refractivity (Wildman–Crippen MR) is 83.4 cm³/mol. The lowest BCUT2D eigenvalue weighted by atomic mass is 10.2. The van der Waals surface area contributed by atoms with Crippen molar-refractivity contribution in [2.45, 2.75) is 26.8 Å². The van der Waals surface area contributed by atoms with Crippen LogP contribution in [0.3, 0.4) is 0 Å². The van der Waals surface area contributed by atoms with Gasteiger partial charge in [0.2, 0.25) is 0 Å². The second-order valence-electron chi connectivity index (χ2n) is 5.08. The fourth-order valence-corrected chi connectivity index (χ4v) is 2.16. The molecular formula is C15H18ClN3O. The van der Waals surface area contributed by atoms with Crippen molar-refractivity contribution in [2.75, 3.05) is 11.1 Å². The Morgan fingerprint density at radius 3 is 2.65 bits per heavy atom. The number of benzene rings is 1. The van der Waals surface area contributed by atoms with Gasteiger partial charge in [-0.3, -0.25) is 4.79 Å². The first kappa shape index (κ1) is 14.5. The van der Waals surface area contributed by atoms with Gasteiger partial charge < -0.3 is 15.6 Å². The zero-order valence-corrected chi connectivity index (χ0v) is 12.5. The van der Waals surface area contributed by atoms with Crippen molar-refractivity contribution in [2.24, 2.45) is 0 Å². The van der Waals surface area contributed by atoms with Crippen molar-refractivity contribution in [1.82, 2.24) is 4.57 Å². The standard InChI is InChI=1S/C15H18ClN3O/c1-9(2)19-8-11(17)6-14(19)15(20)18-12-5-4-10(3)13(16)7-12/h4-9H,17H2,1-3H3,(H,18,20). The molecule has 0 atom stereocenters. The number of rotatable bonds is 3. The van der Waals surface area contributed by atoms with Gasteiger partial charge in [-0.05, 0) is 44.5 Å². The van der Waals surface area contributed by atoms with Gasteiger partial charge in [-0.1, -0.05) is 17.7 Å². The van der Waals surface area contributed by atoms with Crippen molar-refractivity contribution in [3.8, 4) is 0 Å². The van der Waals surface area contributed by atoms with Gasteiger partial charge in [-0.2, -0.15) is 0 Å². The van der Waals surface area contributed by atoms with E-state index in [1.54, 1.807) is 18.3 Å². The van der Waals surface area contributed by atoms with Gasteiger partial charge in [0, 0.05) is 22.9 Å². The summed E-state index contributed by atoms with van der Waals surface area (Å²) in [5.74, 6) is -0.199. The van der Waals surface area contributed by atoms with E-state index in [1.165, 1.54) is 0 Å². The SMILES string of the molecule is Cc1ccc(NC(=O)c2cc(N)cn2C(C)C)cc1Cl. The zero-order valence-electron chi connectivity index (χ0n) is 11.8. The van der Waals surface area contributed by atoms with Crippen LogP contribution in [0.1, 0.15) is 35.9 Å².